The Morgan fingerprint density at radius 1 is 1.47 bits per heavy atom. The number of hydrogen-bond acceptors (Lipinski definition) is 2. The summed E-state index contributed by atoms with van der Waals surface area (Å²) in [5, 5.41) is 0. The van der Waals surface area contributed by atoms with Crippen LogP contribution < -0.4 is 5.73 Å². The SMILES string of the molecule is C=C/C(CN)=C(\C=C)OC(C)(F)C(F)F. The summed E-state index contributed by atoms with van der Waals surface area (Å²) in [6.45, 7) is 7.36. The molecule has 0 saturated carbocycles. The van der Waals surface area contributed by atoms with E-state index in [1.807, 2.05) is 0 Å². The largest absolute Gasteiger partial charge is 0.452 e. The Kier molecular flexibility index (Phi) is 5.14. The molecule has 0 amide bonds. The molecule has 0 aromatic rings. The van der Waals surface area contributed by atoms with Crippen molar-refractivity contribution >= 4 is 0 Å². The van der Waals surface area contributed by atoms with Gasteiger partial charge in [-0.1, -0.05) is 19.2 Å². The van der Waals surface area contributed by atoms with Crippen LogP contribution in [0.1, 0.15) is 6.92 Å². The summed E-state index contributed by atoms with van der Waals surface area (Å²) < 4.78 is 42.0. The number of allylic oxidation sites excluding steroid dienone is 1. The first-order valence-electron chi connectivity index (χ1n) is 4.23. The topological polar surface area (TPSA) is 35.2 Å². The highest BCUT2D eigenvalue weighted by Gasteiger charge is 2.37. The molecule has 0 spiro atoms. The van der Waals surface area contributed by atoms with Gasteiger partial charge in [-0.3, -0.25) is 0 Å². The minimum absolute atomic E-state index is 0.00414. The van der Waals surface area contributed by atoms with Gasteiger partial charge < -0.3 is 10.5 Å². The molecule has 1 atom stereocenters. The molecule has 0 heterocycles. The van der Waals surface area contributed by atoms with Crippen molar-refractivity contribution in [3.05, 3.63) is 36.6 Å². The smallest absolute Gasteiger partial charge is 0.306 e. The summed E-state index contributed by atoms with van der Waals surface area (Å²) in [5.74, 6) is -3.19. The van der Waals surface area contributed by atoms with Crippen LogP contribution in [0.5, 0.6) is 0 Å². The van der Waals surface area contributed by atoms with Gasteiger partial charge in [-0.2, -0.15) is 4.39 Å². The van der Waals surface area contributed by atoms with Crippen molar-refractivity contribution in [3.8, 4) is 0 Å². The molecule has 0 bridgehead atoms. The molecule has 0 fully saturated rings. The number of halogens is 3. The maximum absolute atomic E-state index is 13.2. The van der Waals surface area contributed by atoms with Crippen molar-refractivity contribution in [1.29, 1.82) is 0 Å². The standard InChI is InChI=1S/C10H14F3NO/c1-4-7(6-14)8(5-2)15-10(3,13)9(11)12/h4-5,9H,1-2,6,14H2,3H3/b8-7-. The van der Waals surface area contributed by atoms with E-state index in [4.69, 9.17) is 5.73 Å². The monoisotopic (exact) mass is 221 g/mol. The van der Waals surface area contributed by atoms with Crippen molar-refractivity contribution in [2.45, 2.75) is 19.2 Å². The molecule has 5 heteroatoms. The van der Waals surface area contributed by atoms with E-state index in [9.17, 15) is 13.2 Å². The molecule has 0 aliphatic carbocycles. The molecule has 0 radical (unpaired) electrons. The Labute approximate surface area is 86.9 Å². The Hall–Kier alpha value is -1.23. The lowest BCUT2D eigenvalue weighted by Gasteiger charge is -2.22. The summed E-state index contributed by atoms with van der Waals surface area (Å²) in [5.41, 5.74) is 5.60. The van der Waals surface area contributed by atoms with E-state index in [0.29, 0.717) is 12.5 Å². The van der Waals surface area contributed by atoms with Gasteiger partial charge in [-0.15, -0.1) is 0 Å². The molecule has 0 aromatic heterocycles. The van der Waals surface area contributed by atoms with Crippen LogP contribution in [-0.2, 0) is 4.74 Å². The second-order valence-electron chi connectivity index (χ2n) is 2.89. The quantitative estimate of drug-likeness (QED) is 0.552. The van der Waals surface area contributed by atoms with E-state index in [2.05, 4.69) is 17.9 Å². The van der Waals surface area contributed by atoms with E-state index in [1.54, 1.807) is 0 Å². The van der Waals surface area contributed by atoms with Crippen LogP contribution >= 0.6 is 0 Å². The van der Waals surface area contributed by atoms with Gasteiger partial charge in [0.2, 0.25) is 0 Å². The van der Waals surface area contributed by atoms with Gasteiger partial charge in [0, 0.05) is 19.0 Å². The first kappa shape index (κ1) is 13.8. The van der Waals surface area contributed by atoms with Crippen molar-refractivity contribution in [2.24, 2.45) is 5.73 Å². The maximum Gasteiger partial charge on any atom is 0.306 e. The number of alkyl halides is 3. The van der Waals surface area contributed by atoms with Gasteiger partial charge in [-0.05, 0) is 6.08 Å². The van der Waals surface area contributed by atoms with E-state index < -0.39 is 12.3 Å². The van der Waals surface area contributed by atoms with Crippen LogP contribution in [0.15, 0.2) is 36.6 Å². The lowest BCUT2D eigenvalue weighted by molar-refractivity contribution is -0.184. The third kappa shape index (κ3) is 3.79. The predicted octanol–water partition coefficient (Wildman–Crippen LogP) is 2.54. The minimum Gasteiger partial charge on any atom is -0.452 e. The second kappa shape index (κ2) is 5.60. The molecule has 0 rings (SSSR count). The fourth-order valence-corrected chi connectivity index (χ4v) is 0.782. The third-order valence-electron chi connectivity index (χ3n) is 1.67. The Morgan fingerprint density at radius 3 is 2.27 bits per heavy atom. The van der Waals surface area contributed by atoms with Crippen molar-refractivity contribution in [1.82, 2.24) is 0 Å². The molecule has 0 aliphatic heterocycles. The zero-order valence-corrected chi connectivity index (χ0v) is 8.47. The first-order chi connectivity index (χ1) is 6.88. The second-order valence-corrected chi connectivity index (χ2v) is 2.89. The van der Waals surface area contributed by atoms with Gasteiger partial charge in [0.15, 0.2) is 0 Å². The first-order valence-corrected chi connectivity index (χ1v) is 4.23. The Bertz CT molecular complexity index is 272. The zero-order valence-electron chi connectivity index (χ0n) is 8.47. The number of ether oxygens (including phenoxy) is 1. The van der Waals surface area contributed by atoms with Crippen LogP contribution in [-0.4, -0.2) is 18.8 Å². The van der Waals surface area contributed by atoms with Gasteiger partial charge in [0.05, 0.1) is 0 Å². The molecule has 0 saturated heterocycles. The van der Waals surface area contributed by atoms with E-state index in [0.717, 1.165) is 6.08 Å². The van der Waals surface area contributed by atoms with Crippen LogP contribution in [0.25, 0.3) is 0 Å². The Balaban J connectivity index is 4.95. The fraction of sp³-hybridized carbons (Fsp3) is 0.400. The predicted molar refractivity (Wildman–Crippen MR) is 53.1 cm³/mol. The van der Waals surface area contributed by atoms with Gasteiger partial charge in [0.1, 0.15) is 5.76 Å². The molecular formula is C10H14F3NO. The number of rotatable bonds is 6. The lowest BCUT2D eigenvalue weighted by atomic mass is 10.2. The van der Waals surface area contributed by atoms with E-state index in [-0.39, 0.29) is 12.3 Å². The summed E-state index contributed by atoms with van der Waals surface area (Å²) in [4.78, 5) is 0. The zero-order chi connectivity index (χ0) is 12.1. The van der Waals surface area contributed by atoms with Gasteiger partial charge in [0.25, 0.3) is 0 Å². The molecule has 0 aliphatic rings. The van der Waals surface area contributed by atoms with Crippen molar-refractivity contribution in [3.63, 3.8) is 0 Å². The summed E-state index contributed by atoms with van der Waals surface area (Å²) in [6, 6.07) is 0. The molecular weight excluding hydrogens is 207 g/mol. The number of hydrogen-bond donors (Lipinski definition) is 1. The molecule has 2 nitrogen and oxygen atoms in total. The average molecular weight is 221 g/mol. The van der Waals surface area contributed by atoms with Gasteiger partial charge in [-0.25, -0.2) is 8.78 Å². The normalized spacial score (nSPS) is 16.7. The summed E-state index contributed by atoms with van der Waals surface area (Å²) >= 11 is 0. The van der Waals surface area contributed by atoms with Crippen LogP contribution in [0.3, 0.4) is 0 Å². The highest BCUT2D eigenvalue weighted by atomic mass is 19.3. The van der Waals surface area contributed by atoms with Crippen LogP contribution in [0.4, 0.5) is 13.2 Å². The van der Waals surface area contributed by atoms with Crippen molar-refractivity contribution < 1.29 is 17.9 Å². The third-order valence-corrected chi connectivity index (χ3v) is 1.67. The Morgan fingerprint density at radius 2 is 2.00 bits per heavy atom. The fourth-order valence-electron chi connectivity index (χ4n) is 0.782. The number of nitrogens with two attached hydrogens (primary N) is 1. The highest BCUT2D eigenvalue weighted by Crippen LogP contribution is 2.26. The van der Waals surface area contributed by atoms with Crippen LogP contribution in [0, 0.1) is 0 Å². The minimum atomic E-state index is -3.25. The van der Waals surface area contributed by atoms with E-state index >= 15 is 0 Å². The van der Waals surface area contributed by atoms with Crippen LogP contribution in [0.2, 0.25) is 0 Å². The van der Waals surface area contributed by atoms with E-state index in [1.165, 1.54) is 6.08 Å². The highest BCUT2D eigenvalue weighted by molar-refractivity contribution is 5.28. The summed E-state index contributed by atoms with van der Waals surface area (Å²) in [6.07, 6.45) is -0.834. The molecule has 15 heavy (non-hydrogen) atoms. The lowest BCUT2D eigenvalue weighted by Crippen LogP contribution is -2.31. The molecule has 1 unspecified atom stereocenters. The van der Waals surface area contributed by atoms with Gasteiger partial charge >= 0.3 is 12.3 Å². The van der Waals surface area contributed by atoms with Crippen molar-refractivity contribution in [2.75, 3.05) is 6.54 Å². The molecule has 86 valence electrons. The molecule has 0 aromatic carbocycles. The molecule has 2 N–H and O–H groups in total. The average Bonchev–Trinajstić information content (AvgIpc) is 2.17. The summed E-state index contributed by atoms with van der Waals surface area (Å²) in [7, 11) is 0. The maximum atomic E-state index is 13.2.